The van der Waals surface area contributed by atoms with Crippen molar-refractivity contribution in [1.29, 1.82) is 0 Å². The SMILES string of the molecule is C[C@]12CC[C@H]3[C@@H](CC=C4C[C@H](O)CC[C@@]43C)[C@@H]1CC[C@H]2NC(=O)CNC(=O)OCc1ccccc1. The van der Waals surface area contributed by atoms with Crippen LogP contribution in [0.25, 0.3) is 0 Å². The molecular formula is C29H40N2O4. The minimum Gasteiger partial charge on any atom is -0.445 e. The Labute approximate surface area is 208 Å². The van der Waals surface area contributed by atoms with Crippen molar-refractivity contribution in [2.24, 2.45) is 28.6 Å². The molecule has 4 aliphatic carbocycles. The van der Waals surface area contributed by atoms with Crippen molar-refractivity contribution in [2.75, 3.05) is 6.54 Å². The number of fused-ring (bicyclic) bond motifs is 5. The van der Waals surface area contributed by atoms with Gasteiger partial charge in [0.15, 0.2) is 0 Å². The number of nitrogens with one attached hydrogen (secondary N) is 2. The summed E-state index contributed by atoms with van der Waals surface area (Å²) in [6, 6.07) is 9.65. The fourth-order valence-corrected chi connectivity index (χ4v) is 8.05. The molecular weight excluding hydrogens is 440 g/mol. The van der Waals surface area contributed by atoms with Gasteiger partial charge in [-0.3, -0.25) is 4.79 Å². The van der Waals surface area contributed by atoms with Crippen LogP contribution in [0.5, 0.6) is 0 Å². The summed E-state index contributed by atoms with van der Waals surface area (Å²) in [4.78, 5) is 24.8. The maximum Gasteiger partial charge on any atom is 0.407 e. The van der Waals surface area contributed by atoms with Crippen LogP contribution in [-0.4, -0.2) is 35.8 Å². The molecule has 35 heavy (non-hydrogen) atoms. The number of aliphatic hydroxyl groups is 1. The van der Waals surface area contributed by atoms with E-state index >= 15 is 0 Å². The van der Waals surface area contributed by atoms with Crippen LogP contribution in [0.1, 0.15) is 70.8 Å². The summed E-state index contributed by atoms with van der Waals surface area (Å²) < 4.78 is 5.22. The number of benzene rings is 1. The lowest BCUT2D eigenvalue weighted by Gasteiger charge is -2.58. The molecule has 3 fully saturated rings. The zero-order valence-electron chi connectivity index (χ0n) is 21.1. The fraction of sp³-hybridized carbons (Fsp3) is 0.655. The van der Waals surface area contributed by atoms with E-state index in [9.17, 15) is 14.7 Å². The number of rotatable bonds is 5. The van der Waals surface area contributed by atoms with Crippen molar-refractivity contribution in [3.05, 3.63) is 47.5 Å². The topological polar surface area (TPSA) is 87.7 Å². The highest BCUT2D eigenvalue weighted by molar-refractivity contribution is 5.82. The zero-order valence-corrected chi connectivity index (χ0v) is 21.1. The second kappa shape index (κ2) is 9.61. The second-order valence-corrected chi connectivity index (χ2v) is 11.8. The van der Waals surface area contributed by atoms with E-state index in [4.69, 9.17) is 4.74 Å². The molecule has 0 unspecified atom stereocenters. The molecule has 7 atom stereocenters. The maximum absolute atomic E-state index is 12.7. The molecule has 1 aromatic rings. The van der Waals surface area contributed by atoms with Gasteiger partial charge in [-0.1, -0.05) is 55.8 Å². The highest BCUT2D eigenvalue weighted by atomic mass is 16.5. The van der Waals surface area contributed by atoms with Gasteiger partial charge < -0.3 is 20.5 Å². The van der Waals surface area contributed by atoms with E-state index in [1.54, 1.807) is 0 Å². The van der Waals surface area contributed by atoms with Crippen molar-refractivity contribution < 1.29 is 19.4 Å². The molecule has 3 saturated carbocycles. The molecule has 190 valence electrons. The monoisotopic (exact) mass is 480 g/mol. The Bertz CT molecular complexity index is 978. The van der Waals surface area contributed by atoms with E-state index in [0.29, 0.717) is 17.8 Å². The third-order valence-electron chi connectivity index (χ3n) is 10.0. The summed E-state index contributed by atoms with van der Waals surface area (Å²) in [6.07, 6.45) is 10.1. The number of ether oxygens (including phenoxy) is 1. The summed E-state index contributed by atoms with van der Waals surface area (Å²) in [5, 5.41) is 16.1. The van der Waals surface area contributed by atoms with Gasteiger partial charge in [-0.05, 0) is 85.5 Å². The highest BCUT2D eigenvalue weighted by Crippen LogP contribution is 2.64. The second-order valence-electron chi connectivity index (χ2n) is 11.8. The summed E-state index contributed by atoms with van der Waals surface area (Å²) in [5.41, 5.74) is 2.74. The Hall–Kier alpha value is -2.34. The summed E-state index contributed by atoms with van der Waals surface area (Å²) >= 11 is 0. The molecule has 0 radical (unpaired) electrons. The van der Waals surface area contributed by atoms with Crippen LogP contribution in [0.4, 0.5) is 4.79 Å². The van der Waals surface area contributed by atoms with Gasteiger partial charge in [0, 0.05) is 6.04 Å². The minimum absolute atomic E-state index is 0.0661. The molecule has 5 rings (SSSR count). The Kier molecular flexibility index (Phi) is 6.69. The first kappa shape index (κ1) is 24.4. The Morgan fingerprint density at radius 1 is 1.06 bits per heavy atom. The van der Waals surface area contributed by atoms with Crippen LogP contribution < -0.4 is 10.6 Å². The van der Waals surface area contributed by atoms with Crippen LogP contribution in [0.15, 0.2) is 42.0 Å². The fourth-order valence-electron chi connectivity index (χ4n) is 8.05. The van der Waals surface area contributed by atoms with Gasteiger partial charge in [0.1, 0.15) is 13.2 Å². The van der Waals surface area contributed by atoms with Crippen molar-refractivity contribution in [1.82, 2.24) is 10.6 Å². The van der Waals surface area contributed by atoms with Gasteiger partial charge in [0.05, 0.1) is 6.10 Å². The number of allylic oxidation sites excluding steroid dienone is 1. The molecule has 3 N–H and O–H groups in total. The Morgan fingerprint density at radius 2 is 1.86 bits per heavy atom. The standard InChI is InChI=1S/C29H40N2O4/c1-28-14-12-21(32)16-20(28)8-9-22-23-10-11-25(29(23,2)15-13-24(22)28)31-26(33)17-30-27(34)35-18-19-6-4-3-5-7-19/h3-8,21-25,32H,9-18H2,1-2H3,(H,30,34)(H,31,33)/t21-,22+,23+,24+,25-,28+,29+/m1/s1. The van der Waals surface area contributed by atoms with Crippen molar-refractivity contribution >= 4 is 12.0 Å². The number of alkyl carbamates (subject to hydrolysis) is 1. The van der Waals surface area contributed by atoms with Gasteiger partial charge >= 0.3 is 6.09 Å². The van der Waals surface area contributed by atoms with Crippen molar-refractivity contribution in [3.8, 4) is 0 Å². The van der Waals surface area contributed by atoms with Crippen LogP contribution in [0, 0.1) is 28.6 Å². The van der Waals surface area contributed by atoms with E-state index < -0.39 is 6.09 Å². The van der Waals surface area contributed by atoms with E-state index in [0.717, 1.165) is 50.5 Å². The normalized spacial score (nSPS) is 37.8. The lowest BCUT2D eigenvalue weighted by Crippen LogP contribution is -2.54. The van der Waals surface area contributed by atoms with Gasteiger partial charge in [-0.2, -0.15) is 0 Å². The predicted octanol–water partition coefficient (Wildman–Crippen LogP) is 4.72. The average Bonchev–Trinajstić information content (AvgIpc) is 3.18. The molecule has 4 aliphatic rings. The highest BCUT2D eigenvalue weighted by Gasteiger charge is 2.58. The third kappa shape index (κ3) is 4.62. The first-order valence-electron chi connectivity index (χ1n) is 13.4. The summed E-state index contributed by atoms with van der Waals surface area (Å²) in [5.74, 6) is 1.81. The molecule has 2 amide bonds. The Balaban J connectivity index is 1.15. The summed E-state index contributed by atoms with van der Waals surface area (Å²) in [6.45, 7) is 4.94. The average molecular weight is 481 g/mol. The van der Waals surface area contributed by atoms with E-state index in [1.165, 1.54) is 12.0 Å². The lowest BCUT2D eigenvalue weighted by atomic mass is 9.48. The maximum atomic E-state index is 12.7. The molecule has 1 aromatic carbocycles. The molecule has 6 heteroatoms. The molecule has 6 nitrogen and oxygen atoms in total. The molecule has 0 spiro atoms. The number of aliphatic hydroxyl groups excluding tert-OH is 1. The van der Waals surface area contributed by atoms with Gasteiger partial charge in [0.25, 0.3) is 0 Å². The molecule has 0 saturated heterocycles. The number of hydrogen-bond acceptors (Lipinski definition) is 4. The minimum atomic E-state index is -0.573. The zero-order chi connectivity index (χ0) is 24.6. The summed E-state index contributed by atoms with van der Waals surface area (Å²) in [7, 11) is 0. The van der Waals surface area contributed by atoms with Gasteiger partial charge in [-0.15, -0.1) is 0 Å². The molecule has 0 heterocycles. The van der Waals surface area contributed by atoms with Crippen LogP contribution in [-0.2, 0) is 16.1 Å². The third-order valence-corrected chi connectivity index (χ3v) is 10.0. The smallest absolute Gasteiger partial charge is 0.407 e. The largest absolute Gasteiger partial charge is 0.445 e. The van der Waals surface area contributed by atoms with E-state index in [-0.39, 0.29) is 42.0 Å². The van der Waals surface area contributed by atoms with Gasteiger partial charge in [0.2, 0.25) is 5.91 Å². The molecule has 0 bridgehead atoms. The van der Waals surface area contributed by atoms with E-state index in [1.807, 2.05) is 30.3 Å². The number of carbonyl (C=O) groups excluding carboxylic acids is 2. The number of hydrogen-bond donors (Lipinski definition) is 3. The van der Waals surface area contributed by atoms with Crippen molar-refractivity contribution in [3.63, 3.8) is 0 Å². The van der Waals surface area contributed by atoms with Crippen LogP contribution >= 0.6 is 0 Å². The van der Waals surface area contributed by atoms with Crippen molar-refractivity contribution in [2.45, 2.75) is 84.0 Å². The first-order chi connectivity index (χ1) is 16.8. The molecule has 0 aromatic heterocycles. The van der Waals surface area contributed by atoms with Crippen LogP contribution in [0.3, 0.4) is 0 Å². The number of carbonyl (C=O) groups is 2. The quantitative estimate of drug-likeness (QED) is 0.532. The first-order valence-corrected chi connectivity index (χ1v) is 13.4. The van der Waals surface area contributed by atoms with Crippen LogP contribution in [0.2, 0.25) is 0 Å². The Morgan fingerprint density at radius 3 is 2.66 bits per heavy atom. The lowest BCUT2D eigenvalue weighted by molar-refractivity contribution is -0.122. The molecule has 0 aliphatic heterocycles. The van der Waals surface area contributed by atoms with E-state index in [2.05, 4.69) is 30.6 Å². The predicted molar refractivity (Wildman–Crippen MR) is 134 cm³/mol. The number of amides is 2. The van der Waals surface area contributed by atoms with Gasteiger partial charge in [-0.25, -0.2) is 4.79 Å².